The van der Waals surface area contributed by atoms with Gasteiger partial charge in [-0.3, -0.25) is 0 Å². The molecule has 76 valence electrons. The highest BCUT2D eigenvalue weighted by Crippen LogP contribution is 2.28. The van der Waals surface area contributed by atoms with Crippen molar-refractivity contribution in [1.29, 1.82) is 0 Å². The van der Waals surface area contributed by atoms with E-state index in [0.717, 1.165) is 5.92 Å². The molecule has 1 N–H and O–H groups in total. The summed E-state index contributed by atoms with van der Waals surface area (Å²) in [5.74, 6) is 0.918. The molecule has 1 nitrogen and oxygen atoms in total. The van der Waals surface area contributed by atoms with Crippen LogP contribution in [0.15, 0.2) is 30.3 Å². The standard InChI is InChI=1S/C13H19N/c1-2-11-8-9-14-13(10-11)12-6-4-3-5-7-12/h3-7,11,13-14H,2,8-10H2,1H3/t11?,13-/m0/s1. The van der Waals surface area contributed by atoms with Crippen LogP contribution in [0.25, 0.3) is 0 Å². The van der Waals surface area contributed by atoms with Gasteiger partial charge in [-0.1, -0.05) is 43.7 Å². The average Bonchev–Trinajstić information content (AvgIpc) is 2.30. The van der Waals surface area contributed by atoms with Crippen molar-refractivity contribution in [2.45, 2.75) is 32.2 Å². The quantitative estimate of drug-likeness (QED) is 0.753. The number of nitrogens with one attached hydrogen (secondary N) is 1. The number of benzene rings is 1. The molecule has 2 atom stereocenters. The molecule has 0 bridgehead atoms. The van der Waals surface area contributed by atoms with Gasteiger partial charge in [-0.25, -0.2) is 0 Å². The maximum atomic E-state index is 3.60. The van der Waals surface area contributed by atoms with E-state index in [0.29, 0.717) is 6.04 Å². The summed E-state index contributed by atoms with van der Waals surface area (Å²) in [5.41, 5.74) is 1.45. The number of piperidine rings is 1. The molecule has 0 aromatic heterocycles. The van der Waals surface area contributed by atoms with Gasteiger partial charge in [0.2, 0.25) is 0 Å². The summed E-state index contributed by atoms with van der Waals surface area (Å²) in [6.07, 6.45) is 3.98. The third kappa shape index (κ3) is 2.16. The molecule has 1 unspecified atom stereocenters. The van der Waals surface area contributed by atoms with Crippen LogP contribution in [-0.4, -0.2) is 6.54 Å². The van der Waals surface area contributed by atoms with E-state index < -0.39 is 0 Å². The fourth-order valence-corrected chi connectivity index (χ4v) is 2.31. The van der Waals surface area contributed by atoms with E-state index >= 15 is 0 Å². The van der Waals surface area contributed by atoms with Crippen LogP contribution in [0.1, 0.15) is 37.8 Å². The molecule has 2 rings (SSSR count). The van der Waals surface area contributed by atoms with Gasteiger partial charge in [0.25, 0.3) is 0 Å². The zero-order valence-corrected chi connectivity index (χ0v) is 8.87. The summed E-state index contributed by atoms with van der Waals surface area (Å²) in [6, 6.07) is 11.4. The van der Waals surface area contributed by atoms with Crippen molar-refractivity contribution in [3.63, 3.8) is 0 Å². The van der Waals surface area contributed by atoms with E-state index in [1.807, 2.05) is 0 Å². The Bertz CT molecular complexity index is 268. The minimum absolute atomic E-state index is 0.592. The van der Waals surface area contributed by atoms with E-state index in [-0.39, 0.29) is 0 Å². The summed E-state index contributed by atoms with van der Waals surface area (Å²) in [6.45, 7) is 3.48. The molecule has 1 heteroatoms. The Morgan fingerprint density at radius 3 is 2.79 bits per heavy atom. The van der Waals surface area contributed by atoms with Crippen LogP contribution in [0, 0.1) is 5.92 Å². The Balaban J connectivity index is 2.04. The molecule has 1 aliphatic rings. The van der Waals surface area contributed by atoms with Gasteiger partial charge < -0.3 is 5.32 Å². The normalized spacial score (nSPS) is 27.5. The molecule has 1 aromatic carbocycles. The molecule has 0 aliphatic carbocycles. The van der Waals surface area contributed by atoms with Crippen molar-refractivity contribution in [2.75, 3.05) is 6.54 Å². The minimum Gasteiger partial charge on any atom is -0.310 e. The molecular weight excluding hydrogens is 170 g/mol. The monoisotopic (exact) mass is 189 g/mol. The Morgan fingerprint density at radius 1 is 1.29 bits per heavy atom. The minimum atomic E-state index is 0.592. The molecule has 1 fully saturated rings. The van der Waals surface area contributed by atoms with Crippen LogP contribution in [0.5, 0.6) is 0 Å². The van der Waals surface area contributed by atoms with Gasteiger partial charge in [0, 0.05) is 6.04 Å². The molecule has 1 heterocycles. The summed E-state index contributed by atoms with van der Waals surface area (Å²) < 4.78 is 0. The average molecular weight is 189 g/mol. The molecule has 1 aliphatic heterocycles. The lowest BCUT2D eigenvalue weighted by atomic mass is 9.87. The van der Waals surface area contributed by atoms with Crippen LogP contribution < -0.4 is 5.32 Å². The summed E-state index contributed by atoms with van der Waals surface area (Å²) >= 11 is 0. The van der Waals surface area contributed by atoms with Crippen LogP contribution in [0.4, 0.5) is 0 Å². The predicted molar refractivity (Wildman–Crippen MR) is 60.2 cm³/mol. The molecule has 1 saturated heterocycles. The highest BCUT2D eigenvalue weighted by Gasteiger charge is 2.20. The van der Waals surface area contributed by atoms with Crippen LogP contribution >= 0.6 is 0 Å². The molecule has 1 aromatic rings. The first kappa shape index (κ1) is 9.72. The molecule has 14 heavy (non-hydrogen) atoms. The fraction of sp³-hybridized carbons (Fsp3) is 0.538. The van der Waals surface area contributed by atoms with E-state index in [2.05, 4.69) is 42.6 Å². The van der Waals surface area contributed by atoms with Gasteiger partial charge in [-0.05, 0) is 30.9 Å². The van der Waals surface area contributed by atoms with Crippen molar-refractivity contribution in [3.05, 3.63) is 35.9 Å². The first-order valence-corrected chi connectivity index (χ1v) is 5.68. The number of hydrogen-bond donors (Lipinski definition) is 1. The highest BCUT2D eigenvalue weighted by atomic mass is 14.9. The molecule has 0 amide bonds. The first-order valence-electron chi connectivity index (χ1n) is 5.68. The van der Waals surface area contributed by atoms with Crippen molar-refractivity contribution in [1.82, 2.24) is 5.32 Å². The van der Waals surface area contributed by atoms with Crippen LogP contribution in [-0.2, 0) is 0 Å². The molecular formula is C13H19N. The fourth-order valence-electron chi connectivity index (χ4n) is 2.31. The topological polar surface area (TPSA) is 12.0 Å². The van der Waals surface area contributed by atoms with Gasteiger partial charge in [0.05, 0.1) is 0 Å². The van der Waals surface area contributed by atoms with Gasteiger partial charge in [-0.2, -0.15) is 0 Å². The lowest BCUT2D eigenvalue weighted by Gasteiger charge is -2.30. The second-order valence-corrected chi connectivity index (χ2v) is 4.22. The lowest BCUT2D eigenvalue weighted by molar-refractivity contribution is 0.299. The van der Waals surface area contributed by atoms with Crippen LogP contribution in [0.3, 0.4) is 0 Å². The third-order valence-electron chi connectivity index (χ3n) is 3.29. The van der Waals surface area contributed by atoms with E-state index in [9.17, 15) is 0 Å². The van der Waals surface area contributed by atoms with Gasteiger partial charge in [-0.15, -0.1) is 0 Å². The second kappa shape index (κ2) is 4.61. The maximum absolute atomic E-state index is 3.60. The Kier molecular flexibility index (Phi) is 3.20. The van der Waals surface area contributed by atoms with Gasteiger partial charge in [0.15, 0.2) is 0 Å². The van der Waals surface area contributed by atoms with E-state index in [1.54, 1.807) is 0 Å². The zero-order chi connectivity index (χ0) is 9.80. The summed E-state index contributed by atoms with van der Waals surface area (Å²) in [4.78, 5) is 0. The largest absolute Gasteiger partial charge is 0.310 e. The highest BCUT2D eigenvalue weighted by molar-refractivity contribution is 5.19. The number of hydrogen-bond acceptors (Lipinski definition) is 1. The predicted octanol–water partition coefficient (Wildman–Crippen LogP) is 3.14. The molecule has 0 saturated carbocycles. The maximum Gasteiger partial charge on any atom is 0.0322 e. The lowest BCUT2D eigenvalue weighted by Crippen LogP contribution is -2.31. The van der Waals surface area contributed by atoms with Gasteiger partial charge in [0.1, 0.15) is 0 Å². The Labute approximate surface area is 86.5 Å². The van der Waals surface area contributed by atoms with E-state index in [1.165, 1.54) is 31.4 Å². The third-order valence-corrected chi connectivity index (χ3v) is 3.29. The van der Waals surface area contributed by atoms with Crippen LogP contribution in [0.2, 0.25) is 0 Å². The van der Waals surface area contributed by atoms with Crippen molar-refractivity contribution >= 4 is 0 Å². The number of rotatable bonds is 2. The second-order valence-electron chi connectivity index (χ2n) is 4.22. The Morgan fingerprint density at radius 2 is 2.07 bits per heavy atom. The smallest absolute Gasteiger partial charge is 0.0322 e. The van der Waals surface area contributed by atoms with Crippen molar-refractivity contribution in [3.8, 4) is 0 Å². The van der Waals surface area contributed by atoms with E-state index in [4.69, 9.17) is 0 Å². The SMILES string of the molecule is CCC1CCN[C@H](c2ccccc2)C1. The molecule has 0 spiro atoms. The summed E-state index contributed by atoms with van der Waals surface area (Å²) in [7, 11) is 0. The van der Waals surface area contributed by atoms with Crippen molar-refractivity contribution < 1.29 is 0 Å². The van der Waals surface area contributed by atoms with Crippen molar-refractivity contribution in [2.24, 2.45) is 5.92 Å². The molecule has 0 radical (unpaired) electrons. The first-order chi connectivity index (χ1) is 6.90. The summed E-state index contributed by atoms with van der Waals surface area (Å²) in [5, 5.41) is 3.60. The zero-order valence-electron chi connectivity index (χ0n) is 8.87. The Hall–Kier alpha value is -0.820. The van der Waals surface area contributed by atoms with Gasteiger partial charge >= 0.3 is 0 Å².